The number of phenolic OH excluding ortho intramolecular Hbond substituents is 2. The zero-order chi connectivity index (χ0) is 25.4. The van der Waals surface area contributed by atoms with Gasteiger partial charge in [-0.25, -0.2) is 9.59 Å². The fourth-order valence-electron chi connectivity index (χ4n) is 5.42. The van der Waals surface area contributed by atoms with E-state index in [1.807, 2.05) is 27.7 Å². The first-order valence-corrected chi connectivity index (χ1v) is 11.8. The maximum absolute atomic E-state index is 13.0. The van der Waals surface area contributed by atoms with Crippen LogP contribution >= 0.6 is 0 Å². The second kappa shape index (κ2) is 9.45. The number of ether oxygens (including phenoxy) is 2. The first-order valence-electron chi connectivity index (χ1n) is 11.8. The second-order valence-corrected chi connectivity index (χ2v) is 10.3. The molecule has 0 aromatic heterocycles. The van der Waals surface area contributed by atoms with Crippen molar-refractivity contribution >= 4 is 11.9 Å². The molecule has 0 heterocycles. The molecule has 3 N–H and O–H groups in total. The SMILES string of the molecule is C/C=C(/C)C(=O)O[C@H]1C[C@](O)(C(C)C)[C@H]2[C@H](OC(=O)c3ccc(O)c(O)c3)CC(C)=CC[C@]12C. The predicted molar refractivity (Wildman–Crippen MR) is 127 cm³/mol. The Morgan fingerprint density at radius 3 is 2.44 bits per heavy atom. The van der Waals surface area contributed by atoms with E-state index in [4.69, 9.17) is 9.47 Å². The molecule has 186 valence electrons. The molecule has 0 aliphatic heterocycles. The standard InChI is InChI=1S/C27H36O7/c1-7-17(5)24(30)34-22-14-27(32,15(2)3)23-21(12-16(4)10-11-26(22,23)6)33-25(31)18-8-9-19(28)20(29)13-18/h7-10,13,15,21-23,28-29,32H,11-12,14H2,1-6H3/b17-7-/t21-,22+,23+,26-,27+/m1/s1. The molecule has 0 unspecified atom stereocenters. The molecule has 34 heavy (non-hydrogen) atoms. The molecule has 1 fully saturated rings. The number of aliphatic hydroxyl groups is 1. The van der Waals surface area contributed by atoms with E-state index in [2.05, 4.69) is 6.08 Å². The summed E-state index contributed by atoms with van der Waals surface area (Å²) in [6.45, 7) is 11.3. The number of phenols is 2. The van der Waals surface area contributed by atoms with Crippen molar-refractivity contribution in [3.8, 4) is 11.5 Å². The highest BCUT2D eigenvalue weighted by Gasteiger charge is 2.65. The minimum absolute atomic E-state index is 0.0978. The highest BCUT2D eigenvalue weighted by Crippen LogP contribution is 2.59. The molecule has 7 nitrogen and oxygen atoms in total. The predicted octanol–water partition coefficient (Wildman–Crippen LogP) is 4.65. The number of rotatable bonds is 5. The van der Waals surface area contributed by atoms with E-state index in [0.29, 0.717) is 18.4 Å². The van der Waals surface area contributed by atoms with Crippen LogP contribution in [-0.2, 0) is 14.3 Å². The van der Waals surface area contributed by atoms with Crippen LogP contribution in [0.25, 0.3) is 0 Å². The third kappa shape index (κ3) is 4.58. The Kier molecular flexibility index (Phi) is 7.18. The number of allylic oxidation sites excluding steroid dienone is 2. The van der Waals surface area contributed by atoms with Crippen LogP contribution in [0.3, 0.4) is 0 Å². The Morgan fingerprint density at radius 2 is 1.85 bits per heavy atom. The number of fused-ring (bicyclic) bond motifs is 1. The summed E-state index contributed by atoms with van der Waals surface area (Å²) in [7, 11) is 0. The fourth-order valence-corrected chi connectivity index (χ4v) is 5.42. The molecule has 0 bridgehead atoms. The maximum atomic E-state index is 13.0. The number of esters is 2. The van der Waals surface area contributed by atoms with Crippen molar-refractivity contribution in [1.82, 2.24) is 0 Å². The highest BCUT2D eigenvalue weighted by atomic mass is 16.6. The van der Waals surface area contributed by atoms with Gasteiger partial charge in [0.15, 0.2) is 11.5 Å². The lowest BCUT2D eigenvalue weighted by molar-refractivity contribution is -0.151. The number of carbonyl (C=O) groups is 2. The molecule has 0 spiro atoms. The van der Waals surface area contributed by atoms with Crippen molar-refractivity contribution < 1.29 is 34.4 Å². The first-order chi connectivity index (χ1) is 15.8. The van der Waals surface area contributed by atoms with Gasteiger partial charge in [-0.1, -0.05) is 38.5 Å². The van der Waals surface area contributed by atoms with Gasteiger partial charge in [-0.05, 0) is 51.3 Å². The normalized spacial score (nSPS) is 31.5. The number of aromatic hydroxyl groups is 2. The molecule has 0 radical (unpaired) electrons. The number of benzene rings is 1. The van der Waals surface area contributed by atoms with E-state index >= 15 is 0 Å². The summed E-state index contributed by atoms with van der Waals surface area (Å²) in [5.74, 6) is -2.49. The zero-order valence-corrected chi connectivity index (χ0v) is 20.8. The molecule has 5 atom stereocenters. The third-order valence-corrected chi connectivity index (χ3v) is 7.76. The van der Waals surface area contributed by atoms with Gasteiger partial charge in [-0.2, -0.15) is 0 Å². The Bertz CT molecular complexity index is 1020. The van der Waals surface area contributed by atoms with E-state index in [9.17, 15) is 24.9 Å². The minimum atomic E-state index is -1.23. The second-order valence-electron chi connectivity index (χ2n) is 10.3. The van der Waals surface area contributed by atoms with Gasteiger partial charge in [-0.15, -0.1) is 0 Å². The van der Waals surface area contributed by atoms with Crippen LogP contribution in [0, 0.1) is 17.3 Å². The van der Waals surface area contributed by atoms with Crippen molar-refractivity contribution in [2.75, 3.05) is 0 Å². The lowest BCUT2D eigenvalue weighted by Gasteiger charge is -2.43. The minimum Gasteiger partial charge on any atom is -0.504 e. The molecule has 0 amide bonds. The van der Waals surface area contributed by atoms with Crippen LogP contribution in [0.5, 0.6) is 11.5 Å². The van der Waals surface area contributed by atoms with Crippen molar-refractivity contribution in [3.05, 3.63) is 47.1 Å². The molecule has 2 aliphatic rings. The van der Waals surface area contributed by atoms with E-state index in [1.54, 1.807) is 19.9 Å². The van der Waals surface area contributed by atoms with Crippen LogP contribution in [0.1, 0.15) is 71.2 Å². The van der Waals surface area contributed by atoms with E-state index in [1.165, 1.54) is 12.1 Å². The molecule has 7 heteroatoms. The van der Waals surface area contributed by atoms with Crippen molar-refractivity contribution in [2.24, 2.45) is 17.3 Å². The number of hydrogen-bond acceptors (Lipinski definition) is 7. The van der Waals surface area contributed by atoms with Crippen LogP contribution in [-0.4, -0.2) is 45.1 Å². The summed E-state index contributed by atoms with van der Waals surface area (Å²) in [6, 6.07) is 3.76. The van der Waals surface area contributed by atoms with E-state index < -0.39 is 46.8 Å². The van der Waals surface area contributed by atoms with Crippen LogP contribution in [0.15, 0.2) is 41.5 Å². The van der Waals surface area contributed by atoms with Crippen LogP contribution in [0.4, 0.5) is 0 Å². The summed E-state index contributed by atoms with van der Waals surface area (Å²) in [5.41, 5.74) is -0.286. The Morgan fingerprint density at radius 1 is 1.18 bits per heavy atom. The largest absolute Gasteiger partial charge is 0.504 e. The van der Waals surface area contributed by atoms with Crippen molar-refractivity contribution in [3.63, 3.8) is 0 Å². The van der Waals surface area contributed by atoms with Gasteiger partial charge in [0.25, 0.3) is 0 Å². The third-order valence-electron chi connectivity index (χ3n) is 7.76. The maximum Gasteiger partial charge on any atom is 0.338 e. The molecule has 0 saturated heterocycles. The smallest absolute Gasteiger partial charge is 0.338 e. The van der Waals surface area contributed by atoms with Crippen LogP contribution < -0.4 is 0 Å². The quantitative estimate of drug-likeness (QED) is 0.247. The number of carbonyl (C=O) groups excluding carboxylic acids is 2. The Hall–Kier alpha value is -2.80. The molecule has 1 aromatic rings. The van der Waals surface area contributed by atoms with Gasteiger partial charge in [0, 0.05) is 29.7 Å². The highest BCUT2D eigenvalue weighted by molar-refractivity contribution is 5.90. The Balaban J connectivity index is 2.01. The summed E-state index contributed by atoms with van der Waals surface area (Å²) >= 11 is 0. The topological polar surface area (TPSA) is 113 Å². The lowest BCUT2D eigenvalue weighted by atomic mass is 9.67. The Labute approximate surface area is 201 Å². The average Bonchev–Trinajstić information content (AvgIpc) is 2.91. The molecule has 1 saturated carbocycles. The molecule has 2 aliphatic carbocycles. The van der Waals surface area contributed by atoms with Gasteiger partial charge in [0.1, 0.15) is 12.2 Å². The monoisotopic (exact) mass is 472 g/mol. The van der Waals surface area contributed by atoms with Crippen molar-refractivity contribution in [2.45, 2.75) is 78.6 Å². The van der Waals surface area contributed by atoms with Gasteiger partial charge in [0.05, 0.1) is 11.2 Å². The van der Waals surface area contributed by atoms with Gasteiger partial charge in [0.2, 0.25) is 0 Å². The summed E-state index contributed by atoms with van der Waals surface area (Å²) in [5, 5.41) is 31.3. The summed E-state index contributed by atoms with van der Waals surface area (Å²) in [4.78, 5) is 25.7. The summed E-state index contributed by atoms with van der Waals surface area (Å²) in [6.07, 6.45) is 3.78. The van der Waals surface area contributed by atoms with E-state index in [0.717, 1.165) is 11.6 Å². The average molecular weight is 473 g/mol. The molecular weight excluding hydrogens is 436 g/mol. The van der Waals surface area contributed by atoms with Gasteiger partial charge >= 0.3 is 11.9 Å². The molecular formula is C27H36O7. The first kappa shape index (κ1) is 25.8. The fraction of sp³-hybridized carbons (Fsp3) is 0.556. The van der Waals surface area contributed by atoms with Gasteiger partial charge < -0.3 is 24.8 Å². The van der Waals surface area contributed by atoms with E-state index in [-0.39, 0.29) is 23.7 Å². The van der Waals surface area contributed by atoms with Gasteiger partial charge in [-0.3, -0.25) is 0 Å². The lowest BCUT2D eigenvalue weighted by Crippen LogP contribution is -2.50. The van der Waals surface area contributed by atoms with Crippen molar-refractivity contribution in [1.29, 1.82) is 0 Å². The summed E-state index contributed by atoms with van der Waals surface area (Å²) < 4.78 is 11.9. The molecule has 1 aromatic carbocycles. The number of hydrogen-bond donors (Lipinski definition) is 3. The zero-order valence-electron chi connectivity index (χ0n) is 20.8. The molecule has 3 rings (SSSR count). The van der Waals surface area contributed by atoms with Crippen LogP contribution in [0.2, 0.25) is 0 Å².